The zero-order valence-electron chi connectivity index (χ0n) is 22.1. The molecule has 0 radical (unpaired) electrons. The number of nitrogens with one attached hydrogen (secondary N) is 2. The molecule has 5 rings (SSSR count). The predicted molar refractivity (Wildman–Crippen MR) is 152 cm³/mol. The predicted octanol–water partition coefficient (Wildman–Crippen LogP) is 3.86. The Labute approximate surface area is 230 Å². The molecule has 0 aliphatic carbocycles. The molecule has 1 aliphatic rings. The first-order valence-corrected chi connectivity index (χ1v) is 15.5. The first-order valence-electron chi connectivity index (χ1n) is 12.6. The van der Waals surface area contributed by atoms with E-state index in [0.717, 1.165) is 30.6 Å². The zero-order chi connectivity index (χ0) is 28.6. The van der Waals surface area contributed by atoms with Gasteiger partial charge in [0.2, 0.25) is 0 Å². The maximum absolute atomic E-state index is 10.5. The van der Waals surface area contributed by atoms with Crippen molar-refractivity contribution < 1.29 is 31.7 Å². The first-order chi connectivity index (χ1) is 18.4. The van der Waals surface area contributed by atoms with E-state index in [9.17, 15) is 16.8 Å². The van der Waals surface area contributed by atoms with Gasteiger partial charge in [0.25, 0.3) is 20.2 Å². The van der Waals surface area contributed by atoms with Gasteiger partial charge in [-0.1, -0.05) is 53.6 Å². The lowest BCUT2D eigenvalue weighted by Gasteiger charge is -2.24. The van der Waals surface area contributed by atoms with Gasteiger partial charge in [0.15, 0.2) is 0 Å². The Bertz CT molecular complexity index is 1510. The summed E-state index contributed by atoms with van der Waals surface area (Å²) in [6, 6.07) is 21.1. The molecule has 1 atom stereocenters. The Morgan fingerprint density at radius 1 is 0.821 bits per heavy atom. The van der Waals surface area contributed by atoms with E-state index >= 15 is 0 Å². The van der Waals surface area contributed by atoms with Gasteiger partial charge in [0, 0.05) is 22.6 Å². The molecule has 210 valence electrons. The van der Waals surface area contributed by atoms with Crippen LogP contribution >= 0.6 is 0 Å². The minimum absolute atomic E-state index is 0.0666. The molecule has 1 aromatic heterocycles. The van der Waals surface area contributed by atoms with Crippen LogP contribution in [0.25, 0.3) is 10.9 Å². The van der Waals surface area contributed by atoms with Crippen LogP contribution in [0, 0.1) is 13.8 Å². The lowest BCUT2D eigenvalue weighted by atomic mass is 9.96. The SMILES string of the molecule is Cc1ccc(S(=O)(=O)O)cc1.Cc1ccc(S(=O)(=O)O)cc1.[NH3+]CCCC1NCCc2c1[nH]c1ccccc21. The van der Waals surface area contributed by atoms with Crippen LogP contribution in [-0.2, 0) is 26.7 Å². The molecule has 0 saturated heterocycles. The second-order valence-electron chi connectivity index (χ2n) is 9.39. The van der Waals surface area contributed by atoms with Gasteiger partial charge in [0.1, 0.15) is 0 Å². The fraction of sp³-hybridized carbons (Fsp3) is 0.286. The Morgan fingerprint density at radius 3 is 1.82 bits per heavy atom. The summed E-state index contributed by atoms with van der Waals surface area (Å²) in [6.45, 7) is 5.80. The highest BCUT2D eigenvalue weighted by Gasteiger charge is 2.23. The molecular formula is C28H36N3O6S2+. The van der Waals surface area contributed by atoms with E-state index in [1.807, 2.05) is 13.8 Å². The van der Waals surface area contributed by atoms with Gasteiger partial charge < -0.3 is 16.0 Å². The third kappa shape index (κ3) is 8.72. The molecule has 39 heavy (non-hydrogen) atoms. The number of hydrogen-bond donors (Lipinski definition) is 5. The lowest BCUT2D eigenvalue weighted by molar-refractivity contribution is -0.368. The molecule has 1 unspecified atom stereocenters. The van der Waals surface area contributed by atoms with E-state index in [2.05, 4.69) is 40.3 Å². The summed E-state index contributed by atoms with van der Waals surface area (Å²) in [5, 5.41) is 5.02. The molecule has 0 bridgehead atoms. The van der Waals surface area contributed by atoms with Gasteiger partial charge >= 0.3 is 0 Å². The van der Waals surface area contributed by atoms with Crippen molar-refractivity contribution in [3.05, 3.63) is 95.2 Å². The van der Waals surface area contributed by atoms with Crippen molar-refractivity contribution in [2.24, 2.45) is 0 Å². The summed E-state index contributed by atoms with van der Waals surface area (Å²) >= 11 is 0. The number of H-pyrrole nitrogens is 1. The Hall–Kier alpha value is -3.06. The van der Waals surface area contributed by atoms with Crippen LogP contribution in [0.15, 0.2) is 82.6 Å². The molecule has 3 aromatic carbocycles. The van der Waals surface area contributed by atoms with Crippen molar-refractivity contribution in [2.75, 3.05) is 13.1 Å². The smallest absolute Gasteiger partial charge is 0.294 e. The molecule has 0 spiro atoms. The third-order valence-electron chi connectivity index (χ3n) is 6.34. The fourth-order valence-corrected chi connectivity index (χ4v) is 5.24. The highest BCUT2D eigenvalue weighted by atomic mass is 32.2. The number of fused-ring (bicyclic) bond motifs is 3. The van der Waals surface area contributed by atoms with E-state index in [1.165, 1.54) is 59.3 Å². The molecule has 4 aromatic rings. The van der Waals surface area contributed by atoms with Gasteiger partial charge in [-0.15, -0.1) is 0 Å². The summed E-state index contributed by atoms with van der Waals surface area (Å²) in [4.78, 5) is 3.46. The topological polar surface area (TPSA) is 164 Å². The highest BCUT2D eigenvalue weighted by molar-refractivity contribution is 7.86. The van der Waals surface area contributed by atoms with Crippen molar-refractivity contribution >= 4 is 31.1 Å². The first kappa shape index (κ1) is 30.5. The van der Waals surface area contributed by atoms with Crippen LogP contribution in [0.1, 0.15) is 41.3 Å². The van der Waals surface area contributed by atoms with E-state index < -0.39 is 20.2 Å². The van der Waals surface area contributed by atoms with Gasteiger partial charge in [-0.25, -0.2) is 0 Å². The van der Waals surface area contributed by atoms with Gasteiger partial charge in [-0.2, -0.15) is 16.8 Å². The second-order valence-corrected chi connectivity index (χ2v) is 12.2. The third-order valence-corrected chi connectivity index (χ3v) is 8.08. The minimum atomic E-state index is -4.02. The number of aryl methyl sites for hydroxylation is 2. The monoisotopic (exact) mass is 574 g/mol. The van der Waals surface area contributed by atoms with Crippen molar-refractivity contribution in [3.8, 4) is 0 Å². The number of benzene rings is 3. The average molecular weight is 575 g/mol. The standard InChI is InChI=1S/C14H19N3.2C7H8O3S/c15-8-3-6-13-14-11(7-9-16-13)10-4-1-2-5-12(10)17-14;2*1-6-2-4-7(5-3-6)11(8,9)10/h1-2,4-5,13,16-17H,3,6-9,15H2;2*2-5H,1H3,(H,8,9,10)/p+1. The van der Waals surface area contributed by atoms with Crippen molar-refractivity contribution in [3.63, 3.8) is 0 Å². The molecule has 0 fully saturated rings. The number of para-hydroxylation sites is 1. The van der Waals surface area contributed by atoms with Crippen LogP contribution < -0.4 is 11.1 Å². The maximum atomic E-state index is 10.5. The number of rotatable bonds is 5. The van der Waals surface area contributed by atoms with Crippen molar-refractivity contribution in [1.29, 1.82) is 0 Å². The summed E-state index contributed by atoms with van der Waals surface area (Å²) in [5.74, 6) is 0. The van der Waals surface area contributed by atoms with E-state index in [0.29, 0.717) is 6.04 Å². The maximum Gasteiger partial charge on any atom is 0.294 e. The molecule has 0 amide bonds. The molecule has 7 N–H and O–H groups in total. The normalized spacial score (nSPS) is 14.9. The number of aromatic nitrogens is 1. The largest absolute Gasteiger partial charge is 0.358 e. The Balaban J connectivity index is 0.000000169. The fourth-order valence-electron chi connectivity index (χ4n) is 4.28. The van der Waals surface area contributed by atoms with Crippen LogP contribution in [-0.4, -0.2) is 44.0 Å². The number of hydrogen-bond acceptors (Lipinski definition) is 5. The summed E-state index contributed by atoms with van der Waals surface area (Å²) in [7, 11) is -8.04. The van der Waals surface area contributed by atoms with Crippen LogP contribution in [0.5, 0.6) is 0 Å². The van der Waals surface area contributed by atoms with Gasteiger partial charge in [0.05, 0.1) is 16.3 Å². The Morgan fingerprint density at radius 2 is 1.33 bits per heavy atom. The summed E-state index contributed by atoms with van der Waals surface area (Å²) in [5.41, 5.74) is 10.1. The Kier molecular flexibility index (Phi) is 10.4. The molecular weight excluding hydrogens is 538 g/mol. The van der Waals surface area contributed by atoms with Crippen LogP contribution in [0.2, 0.25) is 0 Å². The van der Waals surface area contributed by atoms with Gasteiger partial charge in [-0.3, -0.25) is 9.11 Å². The van der Waals surface area contributed by atoms with E-state index in [1.54, 1.807) is 24.3 Å². The average Bonchev–Trinajstić information content (AvgIpc) is 3.27. The number of aromatic amines is 1. The molecule has 11 heteroatoms. The zero-order valence-corrected chi connectivity index (χ0v) is 23.7. The lowest BCUT2D eigenvalue weighted by Crippen LogP contribution is -2.50. The van der Waals surface area contributed by atoms with Crippen LogP contribution in [0.4, 0.5) is 0 Å². The van der Waals surface area contributed by atoms with E-state index in [4.69, 9.17) is 9.11 Å². The second kappa shape index (κ2) is 13.3. The summed E-state index contributed by atoms with van der Waals surface area (Å²) < 4.78 is 59.1. The molecule has 0 saturated carbocycles. The van der Waals surface area contributed by atoms with Gasteiger partial charge in [-0.05, 0) is 75.5 Å². The van der Waals surface area contributed by atoms with Crippen molar-refractivity contribution in [1.82, 2.24) is 10.3 Å². The summed E-state index contributed by atoms with van der Waals surface area (Å²) in [6.07, 6.45) is 3.51. The molecule has 9 nitrogen and oxygen atoms in total. The minimum Gasteiger partial charge on any atom is -0.358 e. The number of quaternary nitrogens is 1. The van der Waals surface area contributed by atoms with Crippen LogP contribution in [0.3, 0.4) is 0 Å². The quantitative estimate of drug-likeness (QED) is 0.226. The highest BCUT2D eigenvalue weighted by Crippen LogP contribution is 2.31. The van der Waals surface area contributed by atoms with Crippen molar-refractivity contribution in [2.45, 2.75) is 48.9 Å². The van der Waals surface area contributed by atoms with E-state index in [-0.39, 0.29) is 9.79 Å². The molecule has 2 heterocycles. The molecule has 1 aliphatic heterocycles.